The molecule has 0 radical (unpaired) electrons. The van der Waals surface area contributed by atoms with E-state index in [-0.39, 0.29) is 5.91 Å². The van der Waals surface area contributed by atoms with E-state index in [1.807, 2.05) is 12.3 Å². The molecule has 3 rings (SSSR count). The Balaban J connectivity index is 1.75. The number of aryl methyl sites for hydroxylation is 1. The highest BCUT2D eigenvalue weighted by molar-refractivity contribution is 7.12. The molecule has 6 nitrogen and oxygen atoms in total. The minimum atomic E-state index is -0.250. The number of hydrazine groups is 1. The van der Waals surface area contributed by atoms with Crippen LogP contribution in [0.25, 0.3) is 5.13 Å². The van der Waals surface area contributed by atoms with Crippen LogP contribution in [0.1, 0.15) is 23.0 Å². The molecule has 8 heteroatoms. The molecule has 3 aromatic rings. The number of rotatable bonds is 5. The van der Waals surface area contributed by atoms with Crippen LogP contribution in [-0.2, 0) is 6.42 Å². The van der Waals surface area contributed by atoms with Gasteiger partial charge in [-0.15, -0.1) is 11.3 Å². The molecule has 0 aliphatic heterocycles. The molecular formula is C15H14ClN5OS. The highest BCUT2D eigenvalue weighted by Gasteiger charge is 2.16. The van der Waals surface area contributed by atoms with E-state index >= 15 is 0 Å². The lowest BCUT2D eigenvalue weighted by Crippen LogP contribution is -2.29. The molecule has 0 saturated carbocycles. The number of halogens is 1. The van der Waals surface area contributed by atoms with Gasteiger partial charge in [0.2, 0.25) is 5.13 Å². The van der Waals surface area contributed by atoms with Crippen LogP contribution in [0, 0.1) is 0 Å². The Labute approximate surface area is 142 Å². The minimum Gasteiger partial charge on any atom is -0.298 e. The van der Waals surface area contributed by atoms with Crippen molar-refractivity contribution in [2.45, 2.75) is 13.3 Å². The van der Waals surface area contributed by atoms with Gasteiger partial charge in [0.05, 0.1) is 16.9 Å². The van der Waals surface area contributed by atoms with Gasteiger partial charge in [0.25, 0.3) is 5.91 Å². The molecule has 2 aromatic heterocycles. The minimum absolute atomic E-state index is 0.250. The van der Waals surface area contributed by atoms with Crippen LogP contribution in [0.5, 0.6) is 0 Å². The molecule has 2 N–H and O–H groups in total. The second-order valence-electron chi connectivity index (χ2n) is 4.69. The maximum atomic E-state index is 12.4. The maximum Gasteiger partial charge on any atom is 0.273 e. The number of thiazole rings is 1. The molecule has 0 unspecified atom stereocenters. The number of nitrogens with zero attached hydrogens (tertiary/aromatic N) is 3. The van der Waals surface area contributed by atoms with Crippen LogP contribution in [0.4, 0.5) is 5.69 Å². The normalized spacial score (nSPS) is 10.5. The number of carbonyl (C=O) groups is 1. The number of hydrogen-bond acceptors (Lipinski definition) is 5. The Morgan fingerprint density at radius 3 is 2.78 bits per heavy atom. The molecule has 0 atom stereocenters. The lowest BCUT2D eigenvalue weighted by molar-refractivity contribution is 0.0962. The van der Waals surface area contributed by atoms with Gasteiger partial charge in [-0.3, -0.25) is 15.6 Å². The molecule has 0 saturated heterocycles. The van der Waals surface area contributed by atoms with Gasteiger partial charge in [-0.2, -0.15) is 5.10 Å². The smallest absolute Gasteiger partial charge is 0.273 e. The van der Waals surface area contributed by atoms with Gasteiger partial charge in [-0.25, -0.2) is 9.67 Å². The number of aromatic nitrogens is 3. The fourth-order valence-electron chi connectivity index (χ4n) is 2.02. The summed E-state index contributed by atoms with van der Waals surface area (Å²) in [4.78, 5) is 16.6. The fourth-order valence-corrected chi connectivity index (χ4v) is 2.71. The average molecular weight is 348 g/mol. The fraction of sp³-hybridized carbons (Fsp3) is 0.133. The van der Waals surface area contributed by atoms with Crippen LogP contribution >= 0.6 is 22.9 Å². The van der Waals surface area contributed by atoms with Crippen molar-refractivity contribution >= 4 is 34.5 Å². The summed E-state index contributed by atoms with van der Waals surface area (Å²) in [6.07, 6.45) is 4.05. The molecular weight excluding hydrogens is 334 g/mol. The Bertz CT molecular complexity index is 798. The van der Waals surface area contributed by atoms with Crippen molar-refractivity contribution in [3.63, 3.8) is 0 Å². The first-order chi connectivity index (χ1) is 11.2. The molecule has 1 amide bonds. The van der Waals surface area contributed by atoms with Gasteiger partial charge in [0.1, 0.15) is 0 Å². The van der Waals surface area contributed by atoms with Crippen molar-refractivity contribution < 1.29 is 4.79 Å². The predicted octanol–water partition coefficient (Wildman–Crippen LogP) is 3.30. The zero-order chi connectivity index (χ0) is 16.2. The summed E-state index contributed by atoms with van der Waals surface area (Å²) in [6, 6.07) is 7.05. The number of amides is 1. The van der Waals surface area contributed by atoms with Crippen molar-refractivity contribution in [1.29, 1.82) is 0 Å². The average Bonchev–Trinajstić information content (AvgIpc) is 3.23. The quantitative estimate of drug-likeness (QED) is 0.695. The standard InChI is InChI=1S/C15H14ClN5OS/c1-2-13-12(9-21(20-13)15-17-7-8-23-15)14(22)19-18-11-5-3-10(16)4-6-11/h3-9,18H,2H2,1H3,(H,19,22). The van der Waals surface area contributed by atoms with Gasteiger partial charge >= 0.3 is 0 Å². The van der Waals surface area contributed by atoms with Crippen LogP contribution < -0.4 is 10.9 Å². The first-order valence-corrected chi connectivity index (χ1v) is 8.23. The van der Waals surface area contributed by atoms with E-state index in [0.29, 0.717) is 17.0 Å². The number of benzene rings is 1. The maximum absolute atomic E-state index is 12.4. The van der Waals surface area contributed by atoms with E-state index in [1.54, 1.807) is 41.3 Å². The first kappa shape index (κ1) is 15.5. The van der Waals surface area contributed by atoms with E-state index in [9.17, 15) is 4.79 Å². The van der Waals surface area contributed by atoms with Crippen LogP contribution in [0.2, 0.25) is 5.02 Å². The van der Waals surface area contributed by atoms with Crippen LogP contribution in [-0.4, -0.2) is 20.7 Å². The summed E-state index contributed by atoms with van der Waals surface area (Å²) < 4.78 is 1.63. The zero-order valence-corrected chi connectivity index (χ0v) is 13.9. The molecule has 0 fully saturated rings. The van der Waals surface area contributed by atoms with E-state index in [1.165, 1.54) is 11.3 Å². The summed E-state index contributed by atoms with van der Waals surface area (Å²) in [5, 5.41) is 7.65. The Hall–Kier alpha value is -2.38. The van der Waals surface area contributed by atoms with Crippen LogP contribution in [0.15, 0.2) is 42.0 Å². The van der Waals surface area contributed by atoms with Crippen molar-refractivity contribution in [3.8, 4) is 5.13 Å². The van der Waals surface area contributed by atoms with Gasteiger partial charge < -0.3 is 0 Å². The van der Waals surface area contributed by atoms with E-state index in [4.69, 9.17) is 11.6 Å². The van der Waals surface area contributed by atoms with Gasteiger partial charge in [-0.1, -0.05) is 18.5 Å². The molecule has 0 spiro atoms. The topological polar surface area (TPSA) is 71.8 Å². The molecule has 0 bridgehead atoms. The predicted molar refractivity (Wildman–Crippen MR) is 91.2 cm³/mol. The summed E-state index contributed by atoms with van der Waals surface area (Å²) >= 11 is 7.29. The molecule has 0 aliphatic rings. The summed E-state index contributed by atoms with van der Waals surface area (Å²) in [5.41, 5.74) is 7.50. The largest absolute Gasteiger partial charge is 0.298 e. The molecule has 0 aliphatic carbocycles. The number of anilines is 1. The third-order valence-corrected chi connectivity index (χ3v) is 4.16. The van der Waals surface area contributed by atoms with E-state index < -0.39 is 0 Å². The third-order valence-electron chi connectivity index (χ3n) is 3.15. The van der Waals surface area contributed by atoms with Crippen molar-refractivity contribution in [1.82, 2.24) is 20.2 Å². The van der Waals surface area contributed by atoms with Crippen molar-refractivity contribution in [3.05, 3.63) is 58.3 Å². The highest BCUT2D eigenvalue weighted by Crippen LogP contribution is 2.16. The Morgan fingerprint density at radius 1 is 1.35 bits per heavy atom. The van der Waals surface area contributed by atoms with E-state index in [0.717, 1.165) is 16.5 Å². The number of nitrogens with one attached hydrogen (secondary N) is 2. The molecule has 1 aromatic carbocycles. The summed E-state index contributed by atoms with van der Waals surface area (Å²) in [5.74, 6) is -0.250. The number of hydrogen-bond donors (Lipinski definition) is 2. The van der Waals surface area contributed by atoms with Gasteiger partial charge in [0.15, 0.2) is 0 Å². The van der Waals surface area contributed by atoms with E-state index in [2.05, 4.69) is 20.9 Å². The second kappa shape index (κ2) is 6.80. The molecule has 2 heterocycles. The highest BCUT2D eigenvalue weighted by atomic mass is 35.5. The summed E-state index contributed by atoms with van der Waals surface area (Å²) in [7, 11) is 0. The van der Waals surface area contributed by atoms with Crippen molar-refractivity contribution in [2.24, 2.45) is 0 Å². The molecule has 23 heavy (non-hydrogen) atoms. The lowest BCUT2D eigenvalue weighted by atomic mass is 10.2. The third kappa shape index (κ3) is 3.52. The molecule has 118 valence electrons. The number of carbonyl (C=O) groups excluding carboxylic acids is 1. The van der Waals surface area contributed by atoms with Crippen molar-refractivity contribution in [2.75, 3.05) is 5.43 Å². The Kier molecular flexibility index (Phi) is 4.59. The zero-order valence-electron chi connectivity index (χ0n) is 12.3. The lowest BCUT2D eigenvalue weighted by Gasteiger charge is -2.08. The van der Waals surface area contributed by atoms with Gasteiger partial charge in [-0.05, 0) is 30.7 Å². The Morgan fingerprint density at radius 2 is 2.13 bits per heavy atom. The van der Waals surface area contributed by atoms with Gasteiger partial charge in [0, 0.05) is 22.8 Å². The monoisotopic (exact) mass is 347 g/mol. The van der Waals surface area contributed by atoms with Crippen LogP contribution in [0.3, 0.4) is 0 Å². The first-order valence-electron chi connectivity index (χ1n) is 6.97. The summed E-state index contributed by atoms with van der Waals surface area (Å²) in [6.45, 7) is 1.96. The second-order valence-corrected chi connectivity index (χ2v) is 6.00. The SMILES string of the molecule is CCc1nn(-c2nccs2)cc1C(=O)NNc1ccc(Cl)cc1.